The molecule has 33 heavy (non-hydrogen) atoms. The molecule has 0 saturated carbocycles. The maximum absolute atomic E-state index is 13.0. The summed E-state index contributed by atoms with van der Waals surface area (Å²) in [4.78, 5) is 29.8. The highest BCUT2D eigenvalue weighted by atomic mass is 16.5. The van der Waals surface area contributed by atoms with Gasteiger partial charge < -0.3 is 15.4 Å². The summed E-state index contributed by atoms with van der Waals surface area (Å²) in [5.41, 5.74) is 2.96. The van der Waals surface area contributed by atoms with E-state index in [-0.39, 0.29) is 17.2 Å². The lowest BCUT2D eigenvalue weighted by molar-refractivity contribution is -0.122. The Bertz CT molecular complexity index is 1070. The van der Waals surface area contributed by atoms with E-state index in [1.807, 2.05) is 43.3 Å². The number of carbonyl (C=O) groups excluding carboxylic acids is 2. The van der Waals surface area contributed by atoms with E-state index in [1.54, 1.807) is 36.7 Å². The summed E-state index contributed by atoms with van der Waals surface area (Å²) in [6.45, 7) is 8.68. The summed E-state index contributed by atoms with van der Waals surface area (Å²) in [7, 11) is 0. The molecule has 172 valence electrons. The van der Waals surface area contributed by atoms with Gasteiger partial charge in [-0.15, -0.1) is 0 Å². The van der Waals surface area contributed by atoms with Crippen molar-refractivity contribution in [2.45, 2.75) is 52.2 Å². The molecule has 0 saturated heterocycles. The summed E-state index contributed by atoms with van der Waals surface area (Å²) < 4.78 is 5.95. The van der Waals surface area contributed by atoms with Crippen molar-refractivity contribution in [3.8, 4) is 5.75 Å². The van der Waals surface area contributed by atoms with Crippen molar-refractivity contribution in [2.75, 3.05) is 5.32 Å². The molecule has 0 unspecified atom stereocenters. The van der Waals surface area contributed by atoms with E-state index in [2.05, 4.69) is 36.4 Å². The van der Waals surface area contributed by atoms with Gasteiger partial charge in [-0.05, 0) is 53.3 Å². The summed E-state index contributed by atoms with van der Waals surface area (Å²) in [5, 5.41) is 5.73. The van der Waals surface area contributed by atoms with Crippen molar-refractivity contribution in [1.29, 1.82) is 0 Å². The summed E-state index contributed by atoms with van der Waals surface area (Å²) in [6, 6.07) is 18.4. The molecule has 0 fully saturated rings. The standard InChI is InChI=1S/C27H31N3O3/c1-5-24(33-21-14-12-20(13-15-21)27(2,3)4)26(32)30-23-11-7-6-10-22(23)25(31)29-18-19-9-8-16-28-17-19/h6-17,24H,5,18H2,1-4H3,(H,29,31)(H,30,32)/t24-/m0/s1. The number of nitrogens with one attached hydrogen (secondary N) is 2. The minimum atomic E-state index is -0.683. The summed E-state index contributed by atoms with van der Waals surface area (Å²) in [6.07, 6.45) is 3.19. The first kappa shape index (κ1) is 24.0. The number of anilines is 1. The van der Waals surface area contributed by atoms with Gasteiger partial charge in [-0.1, -0.05) is 58.0 Å². The van der Waals surface area contributed by atoms with Gasteiger partial charge >= 0.3 is 0 Å². The van der Waals surface area contributed by atoms with Gasteiger partial charge in [0.05, 0.1) is 11.3 Å². The molecule has 3 aromatic rings. The van der Waals surface area contributed by atoms with Crippen LogP contribution in [-0.2, 0) is 16.8 Å². The van der Waals surface area contributed by atoms with E-state index in [0.29, 0.717) is 30.0 Å². The van der Waals surface area contributed by atoms with Gasteiger partial charge in [-0.2, -0.15) is 0 Å². The van der Waals surface area contributed by atoms with Crippen molar-refractivity contribution >= 4 is 17.5 Å². The van der Waals surface area contributed by atoms with Gasteiger partial charge in [0, 0.05) is 18.9 Å². The second-order valence-corrected chi connectivity index (χ2v) is 8.87. The van der Waals surface area contributed by atoms with Crippen LogP contribution >= 0.6 is 0 Å². The third kappa shape index (κ3) is 6.65. The van der Waals surface area contributed by atoms with E-state index in [1.165, 1.54) is 5.56 Å². The zero-order chi connectivity index (χ0) is 23.8. The molecule has 2 amide bonds. The van der Waals surface area contributed by atoms with Crippen molar-refractivity contribution < 1.29 is 14.3 Å². The molecule has 0 spiro atoms. The fraction of sp³-hybridized carbons (Fsp3) is 0.296. The topological polar surface area (TPSA) is 80.3 Å². The number of benzene rings is 2. The van der Waals surface area contributed by atoms with E-state index >= 15 is 0 Å². The number of rotatable bonds is 8. The third-order valence-electron chi connectivity index (χ3n) is 5.27. The largest absolute Gasteiger partial charge is 0.481 e. The van der Waals surface area contributed by atoms with Crippen molar-refractivity contribution in [3.05, 3.63) is 89.7 Å². The first-order valence-electron chi connectivity index (χ1n) is 11.1. The van der Waals surface area contributed by atoms with Gasteiger partial charge in [0.25, 0.3) is 11.8 Å². The Hall–Kier alpha value is -3.67. The number of hydrogen-bond donors (Lipinski definition) is 2. The molecular formula is C27H31N3O3. The Kier molecular flexibility index (Phi) is 7.83. The van der Waals surface area contributed by atoms with Crippen LogP contribution in [0.15, 0.2) is 73.1 Å². The summed E-state index contributed by atoms with van der Waals surface area (Å²) in [5.74, 6) is 0.0545. The Labute approximate surface area is 195 Å². The molecule has 1 atom stereocenters. The minimum Gasteiger partial charge on any atom is -0.481 e. The number of pyridine rings is 1. The van der Waals surface area contributed by atoms with Gasteiger partial charge in [0.15, 0.2) is 6.10 Å². The Morgan fingerprint density at radius 1 is 1.00 bits per heavy atom. The van der Waals surface area contributed by atoms with Crippen molar-refractivity contribution in [1.82, 2.24) is 10.3 Å². The lowest BCUT2D eigenvalue weighted by atomic mass is 9.87. The zero-order valence-corrected chi connectivity index (χ0v) is 19.6. The smallest absolute Gasteiger partial charge is 0.265 e. The van der Waals surface area contributed by atoms with Crippen LogP contribution in [0.2, 0.25) is 0 Å². The number of para-hydroxylation sites is 1. The predicted octanol–water partition coefficient (Wildman–Crippen LogP) is 5.11. The van der Waals surface area contributed by atoms with Crippen LogP contribution in [0.5, 0.6) is 5.75 Å². The number of aromatic nitrogens is 1. The average Bonchev–Trinajstić information content (AvgIpc) is 2.81. The summed E-state index contributed by atoms with van der Waals surface area (Å²) >= 11 is 0. The van der Waals surface area contributed by atoms with E-state index in [0.717, 1.165) is 5.56 Å². The molecule has 2 aromatic carbocycles. The number of carbonyl (C=O) groups is 2. The van der Waals surface area contributed by atoms with E-state index < -0.39 is 6.10 Å². The van der Waals surface area contributed by atoms with Crippen LogP contribution in [0.4, 0.5) is 5.69 Å². The van der Waals surface area contributed by atoms with Crippen molar-refractivity contribution in [3.63, 3.8) is 0 Å². The van der Waals surface area contributed by atoms with Gasteiger partial charge in [-0.25, -0.2) is 0 Å². The Morgan fingerprint density at radius 2 is 1.73 bits per heavy atom. The lowest BCUT2D eigenvalue weighted by Crippen LogP contribution is -2.33. The van der Waals surface area contributed by atoms with Gasteiger partial charge in [0.2, 0.25) is 0 Å². The number of hydrogen-bond acceptors (Lipinski definition) is 4. The zero-order valence-electron chi connectivity index (χ0n) is 19.6. The third-order valence-corrected chi connectivity index (χ3v) is 5.27. The lowest BCUT2D eigenvalue weighted by Gasteiger charge is -2.21. The molecule has 0 bridgehead atoms. The highest BCUT2D eigenvalue weighted by molar-refractivity contribution is 6.04. The van der Waals surface area contributed by atoms with Crippen LogP contribution in [-0.4, -0.2) is 22.9 Å². The van der Waals surface area contributed by atoms with E-state index in [4.69, 9.17) is 4.74 Å². The average molecular weight is 446 g/mol. The fourth-order valence-electron chi connectivity index (χ4n) is 3.30. The monoisotopic (exact) mass is 445 g/mol. The first-order chi connectivity index (χ1) is 15.8. The van der Waals surface area contributed by atoms with Crippen molar-refractivity contribution in [2.24, 2.45) is 0 Å². The van der Waals surface area contributed by atoms with Crippen LogP contribution in [0.25, 0.3) is 0 Å². The van der Waals surface area contributed by atoms with Crippen LogP contribution in [0.3, 0.4) is 0 Å². The Balaban J connectivity index is 1.66. The maximum atomic E-state index is 13.0. The fourth-order valence-corrected chi connectivity index (χ4v) is 3.30. The SMILES string of the molecule is CC[C@H](Oc1ccc(C(C)(C)C)cc1)C(=O)Nc1ccccc1C(=O)NCc1cccnc1. The van der Waals surface area contributed by atoms with Crippen LogP contribution < -0.4 is 15.4 Å². The molecule has 0 radical (unpaired) electrons. The molecule has 0 aliphatic heterocycles. The molecule has 3 rings (SSSR count). The Morgan fingerprint density at radius 3 is 2.36 bits per heavy atom. The molecule has 0 aliphatic rings. The molecule has 0 aliphatic carbocycles. The van der Waals surface area contributed by atoms with Crippen LogP contribution in [0, 0.1) is 0 Å². The second-order valence-electron chi connectivity index (χ2n) is 8.87. The number of nitrogens with zero attached hydrogens (tertiary/aromatic N) is 1. The normalized spacial score (nSPS) is 12.0. The first-order valence-corrected chi connectivity index (χ1v) is 11.1. The predicted molar refractivity (Wildman–Crippen MR) is 130 cm³/mol. The highest BCUT2D eigenvalue weighted by Gasteiger charge is 2.21. The van der Waals surface area contributed by atoms with E-state index in [9.17, 15) is 9.59 Å². The molecule has 1 heterocycles. The highest BCUT2D eigenvalue weighted by Crippen LogP contribution is 2.25. The molecule has 1 aromatic heterocycles. The number of ether oxygens (including phenoxy) is 1. The molecular weight excluding hydrogens is 414 g/mol. The molecule has 2 N–H and O–H groups in total. The molecule has 6 nitrogen and oxygen atoms in total. The minimum absolute atomic E-state index is 0.0430. The van der Waals surface area contributed by atoms with Crippen LogP contribution in [0.1, 0.15) is 55.6 Å². The quantitative estimate of drug-likeness (QED) is 0.505. The van der Waals surface area contributed by atoms with Gasteiger partial charge in [0.1, 0.15) is 5.75 Å². The number of amides is 2. The van der Waals surface area contributed by atoms with Gasteiger partial charge in [-0.3, -0.25) is 14.6 Å². The maximum Gasteiger partial charge on any atom is 0.265 e. The molecule has 6 heteroatoms. The second kappa shape index (κ2) is 10.8.